The van der Waals surface area contributed by atoms with Gasteiger partial charge in [0, 0.05) is 11.8 Å². The summed E-state index contributed by atoms with van der Waals surface area (Å²) in [7, 11) is 0. The Morgan fingerprint density at radius 3 is 2.58 bits per heavy atom. The van der Waals surface area contributed by atoms with E-state index in [9.17, 15) is 14.8 Å². The van der Waals surface area contributed by atoms with Crippen molar-refractivity contribution in [2.45, 2.75) is 0 Å². The number of rotatable bonds is 3. The first kappa shape index (κ1) is 12.6. The SMILES string of the molecule is O=C(O)c1cccc(NC(=O)c2ccc[n+]([O-])c2)c1. The van der Waals surface area contributed by atoms with Crippen LogP contribution in [-0.2, 0) is 0 Å². The van der Waals surface area contributed by atoms with E-state index < -0.39 is 11.9 Å². The van der Waals surface area contributed by atoms with Crippen molar-refractivity contribution in [3.8, 4) is 0 Å². The number of amides is 1. The Labute approximate surface area is 108 Å². The third-order valence-electron chi connectivity index (χ3n) is 2.40. The van der Waals surface area contributed by atoms with E-state index in [1.54, 1.807) is 6.07 Å². The van der Waals surface area contributed by atoms with Crippen LogP contribution in [0.5, 0.6) is 0 Å². The summed E-state index contributed by atoms with van der Waals surface area (Å²) in [5.74, 6) is -1.55. The maximum absolute atomic E-state index is 11.8. The number of carbonyl (C=O) groups is 2. The molecule has 19 heavy (non-hydrogen) atoms. The molecule has 0 saturated heterocycles. The molecule has 0 radical (unpaired) electrons. The minimum absolute atomic E-state index is 0.0738. The van der Waals surface area contributed by atoms with E-state index in [0.717, 1.165) is 6.20 Å². The lowest BCUT2D eigenvalue weighted by Gasteiger charge is -2.05. The van der Waals surface area contributed by atoms with Crippen molar-refractivity contribution in [1.82, 2.24) is 0 Å². The van der Waals surface area contributed by atoms with Crippen molar-refractivity contribution >= 4 is 17.6 Å². The van der Waals surface area contributed by atoms with Crippen LogP contribution in [0.3, 0.4) is 0 Å². The molecule has 0 aliphatic carbocycles. The molecule has 1 aromatic carbocycles. The summed E-state index contributed by atoms with van der Waals surface area (Å²) in [4.78, 5) is 22.6. The zero-order valence-corrected chi connectivity index (χ0v) is 9.74. The van der Waals surface area contributed by atoms with E-state index in [1.165, 1.54) is 36.5 Å². The molecular formula is C13H10N2O4. The van der Waals surface area contributed by atoms with Gasteiger partial charge in [-0.25, -0.2) is 4.79 Å². The molecule has 1 amide bonds. The lowest BCUT2D eigenvalue weighted by atomic mass is 10.2. The Balaban J connectivity index is 2.19. The fourth-order valence-electron chi connectivity index (χ4n) is 1.52. The number of nitrogens with one attached hydrogen (secondary N) is 1. The van der Waals surface area contributed by atoms with E-state index in [-0.39, 0.29) is 11.1 Å². The van der Waals surface area contributed by atoms with Gasteiger partial charge in [0.25, 0.3) is 5.91 Å². The number of nitrogens with zero attached hydrogens (tertiary/aromatic N) is 1. The van der Waals surface area contributed by atoms with Crippen molar-refractivity contribution in [3.63, 3.8) is 0 Å². The summed E-state index contributed by atoms with van der Waals surface area (Å²) in [5, 5.41) is 22.4. The number of anilines is 1. The molecule has 2 N–H and O–H groups in total. The number of aromatic carboxylic acids is 1. The van der Waals surface area contributed by atoms with Crippen LogP contribution in [-0.4, -0.2) is 17.0 Å². The van der Waals surface area contributed by atoms with Gasteiger partial charge in [-0.15, -0.1) is 0 Å². The average Bonchev–Trinajstić information content (AvgIpc) is 2.39. The first-order chi connectivity index (χ1) is 9.06. The van der Waals surface area contributed by atoms with Gasteiger partial charge in [0.05, 0.1) is 5.56 Å². The third-order valence-corrected chi connectivity index (χ3v) is 2.40. The molecule has 6 nitrogen and oxygen atoms in total. The summed E-state index contributed by atoms with van der Waals surface area (Å²) in [5.41, 5.74) is 0.620. The van der Waals surface area contributed by atoms with Gasteiger partial charge in [-0.05, 0) is 24.3 Å². The van der Waals surface area contributed by atoms with Crippen LogP contribution < -0.4 is 10.0 Å². The van der Waals surface area contributed by atoms with E-state index in [4.69, 9.17) is 5.11 Å². The van der Waals surface area contributed by atoms with E-state index in [0.29, 0.717) is 10.4 Å². The Morgan fingerprint density at radius 1 is 1.16 bits per heavy atom. The molecule has 2 rings (SSSR count). The quantitative estimate of drug-likeness (QED) is 0.640. The Morgan fingerprint density at radius 2 is 1.89 bits per heavy atom. The summed E-state index contributed by atoms with van der Waals surface area (Å²) < 4.78 is 0.516. The highest BCUT2D eigenvalue weighted by atomic mass is 16.5. The zero-order valence-electron chi connectivity index (χ0n) is 9.74. The van der Waals surface area contributed by atoms with Crippen LogP contribution in [0.2, 0.25) is 0 Å². The summed E-state index contributed by atoms with van der Waals surface area (Å²) in [6.07, 6.45) is 2.40. The predicted molar refractivity (Wildman–Crippen MR) is 66.8 cm³/mol. The number of carboxylic acid groups (broad SMARTS) is 1. The predicted octanol–water partition coefficient (Wildman–Crippen LogP) is 1.27. The van der Waals surface area contributed by atoms with Crippen LogP contribution in [0.1, 0.15) is 20.7 Å². The molecule has 0 bridgehead atoms. The van der Waals surface area contributed by atoms with E-state index in [2.05, 4.69) is 5.32 Å². The molecule has 1 heterocycles. The first-order valence-electron chi connectivity index (χ1n) is 5.40. The second-order valence-electron chi connectivity index (χ2n) is 3.79. The van der Waals surface area contributed by atoms with Gasteiger partial charge in [0.2, 0.25) is 0 Å². The summed E-state index contributed by atoms with van der Waals surface area (Å²) >= 11 is 0. The topological polar surface area (TPSA) is 93.3 Å². The van der Waals surface area contributed by atoms with E-state index >= 15 is 0 Å². The average molecular weight is 258 g/mol. The lowest BCUT2D eigenvalue weighted by molar-refractivity contribution is -0.605. The highest BCUT2D eigenvalue weighted by Crippen LogP contribution is 2.12. The van der Waals surface area contributed by atoms with Gasteiger partial charge in [-0.2, -0.15) is 4.73 Å². The summed E-state index contributed by atoms with van der Waals surface area (Å²) in [6.45, 7) is 0. The van der Waals surface area contributed by atoms with Crippen LogP contribution in [0, 0.1) is 5.21 Å². The van der Waals surface area contributed by atoms with Crippen molar-refractivity contribution in [3.05, 3.63) is 65.1 Å². The normalized spacial score (nSPS) is 9.89. The van der Waals surface area contributed by atoms with Gasteiger partial charge in [-0.3, -0.25) is 4.79 Å². The molecule has 0 spiro atoms. The van der Waals surface area contributed by atoms with Crippen LogP contribution >= 0.6 is 0 Å². The van der Waals surface area contributed by atoms with Gasteiger partial charge >= 0.3 is 5.97 Å². The molecule has 96 valence electrons. The van der Waals surface area contributed by atoms with Gasteiger partial charge in [0.1, 0.15) is 5.56 Å². The van der Waals surface area contributed by atoms with Gasteiger partial charge in [-0.1, -0.05) is 6.07 Å². The summed E-state index contributed by atoms with van der Waals surface area (Å²) in [6, 6.07) is 8.80. The molecule has 0 fully saturated rings. The largest absolute Gasteiger partial charge is 0.619 e. The fraction of sp³-hybridized carbons (Fsp3) is 0. The molecule has 2 aromatic rings. The minimum atomic E-state index is -1.08. The van der Waals surface area contributed by atoms with Crippen molar-refractivity contribution in [1.29, 1.82) is 0 Å². The second-order valence-corrected chi connectivity index (χ2v) is 3.79. The molecule has 0 saturated carbocycles. The lowest BCUT2D eigenvalue weighted by Crippen LogP contribution is -2.27. The second kappa shape index (κ2) is 5.18. The highest BCUT2D eigenvalue weighted by molar-refractivity contribution is 6.04. The Hall–Kier alpha value is -2.89. The first-order valence-corrected chi connectivity index (χ1v) is 5.40. The van der Waals surface area contributed by atoms with Gasteiger partial charge < -0.3 is 15.6 Å². The van der Waals surface area contributed by atoms with Crippen molar-refractivity contribution in [2.75, 3.05) is 5.32 Å². The van der Waals surface area contributed by atoms with Gasteiger partial charge in [0.15, 0.2) is 12.4 Å². The molecule has 6 heteroatoms. The molecule has 0 atom stereocenters. The molecule has 1 aromatic heterocycles. The molecule has 0 unspecified atom stereocenters. The number of hydrogen-bond donors (Lipinski definition) is 2. The molecule has 0 aliphatic rings. The van der Waals surface area contributed by atoms with Crippen LogP contribution in [0.4, 0.5) is 5.69 Å². The van der Waals surface area contributed by atoms with Crippen LogP contribution in [0.15, 0.2) is 48.8 Å². The van der Waals surface area contributed by atoms with Crippen LogP contribution in [0.25, 0.3) is 0 Å². The number of pyridine rings is 1. The fourth-order valence-corrected chi connectivity index (χ4v) is 1.52. The van der Waals surface area contributed by atoms with E-state index in [1.807, 2.05) is 0 Å². The molecular weight excluding hydrogens is 248 g/mol. The number of benzene rings is 1. The maximum atomic E-state index is 11.8. The Kier molecular flexibility index (Phi) is 3.42. The number of carboxylic acids is 1. The maximum Gasteiger partial charge on any atom is 0.335 e. The zero-order chi connectivity index (χ0) is 13.8. The number of carbonyl (C=O) groups excluding carboxylic acids is 1. The monoisotopic (exact) mass is 258 g/mol. The van der Waals surface area contributed by atoms with Crippen molar-refractivity contribution < 1.29 is 19.4 Å². The number of aromatic nitrogens is 1. The third kappa shape index (κ3) is 3.06. The Bertz CT molecular complexity index is 640. The molecule has 0 aliphatic heterocycles. The standard InChI is InChI=1S/C13H10N2O4/c16-12(10-4-2-6-15(19)8-10)14-11-5-1-3-9(7-11)13(17)18/h1-8H,(H,14,16)(H,17,18). The van der Waals surface area contributed by atoms with Crippen molar-refractivity contribution in [2.24, 2.45) is 0 Å². The highest BCUT2D eigenvalue weighted by Gasteiger charge is 2.10. The minimum Gasteiger partial charge on any atom is -0.619 e. The number of hydrogen-bond acceptors (Lipinski definition) is 3. The smallest absolute Gasteiger partial charge is 0.335 e.